The van der Waals surface area contributed by atoms with E-state index < -0.39 is 0 Å². The molecule has 1 saturated heterocycles. The van der Waals surface area contributed by atoms with E-state index in [1.54, 1.807) is 26.1 Å². The van der Waals surface area contributed by atoms with E-state index in [0.29, 0.717) is 18.1 Å². The minimum Gasteiger partial charge on any atom is -0.354 e. The van der Waals surface area contributed by atoms with E-state index >= 15 is 0 Å². The molecule has 31 heavy (non-hydrogen) atoms. The van der Waals surface area contributed by atoms with Gasteiger partial charge in [0.1, 0.15) is 11.6 Å². The average Bonchev–Trinajstić information content (AvgIpc) is 2.78. The van der Waals surface area contributed by atoms with Crippen molar-refractivity contribution < 1.29 is 4.39 Å². The largest absolute Gasteiger partial charge is 0.354 e. The number of benzene rings is 1. The van der Waals surface area contributed by atoms with E-state index in [0.717, 1.165) is 49.7 Å². The molecule has 0 saturated carbocycles. The Labute approximate surface area is 202 Å². The van der Waals surface area contributed by atoms with E-state index in [9.17, 15) is 4.39 Å². The molecule has 1 aliphatic rings. The van der Waals surface area contributed by atoms with Gasteiger partial charge in [-0.25, -0.2) is 9.37 Å². The topological polar surface area (TPSA) is 55.8 Å². The van der Waals surface area contributed by atoms with Gasteiger partial charge in [-0.05, 0) is 55.3 Å². The molecule has 2 N–H and O–H groups in total. The molecule has 2 aromatic rings. The first-order valence-electron chi connectivity index (χ1n) is 10.7. The minimum absolute atomic E-state index is 0. The second-order valence-electron chi connectivity index (χ2n) is 7.74. The fraction of sp³-hybridized carbons (Fsp3) is 0.478. The van der Waals surface area contributed by atoms with Crippen molar-refractivity contribution in [3.05, 3.63) is 59.0 Å². The molecule has 3 rings (SSSR count). The lowest BCUT2D eigenvalue weighted by atomic mass is 10.1. The predicted octanol–water partition coefficient (Wildman–Crippen LogP) is 3.72. The highest BCUT2D eigenvalue weighted by Crippen LogP contribution is 2.17. The number of piperazine rings is 1. The Morgan fingerprint density at radius 2 is 1.94 bits per heavy atom. The number of aromatic nitrogens is 1. The zero-order valence-corrected chi connectivity index (χ0v) is 21.2. The zero-order valence-electron chi connectivity index (χ0n) is 18.9. The van der Waals surface area contributed by atoms with Crippen LogP contribution in [0, 0.1) is 12.7 Å². The monoisotopic (exact) mass is 540 g/mol. The molecular weight excluding hydrogens is 506 g/mol. The standard InChI is InChI=1S/C23H33FN6.HI/c1-5-29-10-12-30(13-11-29)22-14-19(8-9-26-22)16-27-23(25-4)28-18(3)20-7-6-17(2)21(24)15-20;/h6-9,14-15,18H,5,10-13,16H2,1-4H3,(H2,25,27,28);1H. The van der Waals surface area contributed by atoms with Gasteiger partial charge in [0, 0.05) is 46.0 Å². The highest BCUT2D eigenvalue weighted by molar-refractivity contribution is 14.0. The maximum Gasteiger partial charge on any atom is 0.191 e. The number of nitrogens with one attached hydrogen (secondary N) is 2. The summed E-state index contributed by atoms with van der Waals surface area (Å²) in [5, 5.41) is 6.68. The Balaban J connectivity index is 0.00000341. The van der Waals surface area contributed by atoms with Crippen molar-refractivity contribution in [2.24, 2.45) is 4.99 Å². The van der Waals surface area contributed by atoms with Gasteiger partial charge in [-0.2, -0.15) is 0 Å². The van der Waals surface area contributed by atoms with Gasteiger partial charge in [0.2, 0.25) is 0 Å². The molecule has 0 bridgehead atoms. The predicted molar refractivity (Wildman–Crippen MR) is 137 cm³/mol. The molecule has 1 unspecified atom stereocenters. The normalized spacial score (nSPS) is 15.9. The number of hydrogen-bond acceptors (Lipinski definition) is 4. The average molecular weight is 540 g/mol. The summed E-state index contributed by atoms with van der Waals surface area (Å²) in [5.74, 6) is 1.52. The molecule has 0 aliphatic carbocycles. The van der Waals surface area contributed by atoms with E-state index in [2.05, 4.69) is 43.4 Å². The Morgan fingerprint density at radius 1 is 1.19 bits per heavy atom. The second kappa shape index (κ2) is 12.2. The van der Waals surface area contributed by atoms with Crippen molar-refractivity contribution in [3.63, 3.8) is 0 Å². The molecule has 0 radical (unpaired) electrons. The van der Waals surface area contributed by atoms with Gasteiger partial charge in [0.15, 0.2) is 5.96 Å². The fourth-order valence-electron chi connectivity index (χ4n) is 3.58. The molecule has 6 nitrogen and oxygen atoms in total. The van der Waals surface area contributed by atoms with Crippen LogP contribution in [0.15, 0.2) is 41.5 Å². The van der Waals surface area contributed by atoms with E-state index in [-0.39, 0.29) is 35.8 Å². The number of pyridine rings is 1. The van der Waals surface area contributed by atoms with Crippen LogP contribution >= 0.6 is 24.0 Å². The minimum atomic E-state index is -0.187. The summed E-state index contributed by atoms with van der Waals surface area (Å²) in [7, 11) is 1.74. The van der Waals surface area contributed by atoms with E-state index in [4.69, 9.17) is 0 Å². The summed E-state index contributed by atoms with van der Waals surface area (Å²) in [5.41, 5.74) is 2.69. The number of aryl methyl sites for hydroxylation is 1. The molecular formula is C23H34FIN6. The van der Waals surface area contributed by atoms with Crippen molar-refractivity contribution in [1.82, 2.24) is 20.5 Å². The number of halogens is 2. The fourth-order valence-corrected chi connectivity index (χ4v) is 3.58. The summed E-state index contributed by atoms with van der Waals surface area (Å²) in [6.07, 6.45) is 1.87. The lowest BCUT2D eigenvalue weighted by molar-refractivity contribution is 0.270. The first-order chi connectivity index (χ1) is 14.5. The number of aliphatic imine (C=N–C) groups is 1. The first kappa shape index (κ1) is 25.3. The lowest BCUT2D eigenvalue weighted by Gasteiger charge is -2.34. The van der Waals surface area contributed by atoms with Gasteiger partial charge in [-0.15, -0.1) is 24.0 Å². The molecule has 2 heterocycles. The maximum atomic E-state index is 13.9. The number of anilines is 1. The molecule has 8 heteroatoms. The van der Waals surface area contributed by atoms with Crippen LogP contribution in [0.2, 0.25) is 0 Å². The van der Waals surface area contributed by atoms with Crippen molar-refractivity contribution in [2.75, 3.05) is 44.7 Å². The lowest BCUT2D eigenvalue weighted by Crippen LogP contribution is -2.46. The molecule has 170 valence electrons. The van der Waals surface area contributed by atoms with Crippen molar-refractivity contribution in [1.29, 1.82) is 0 Å². The Morgan fingerprint density at radius 3 is 2.58 bits per heavy atom. The zero-order chi connectivity index (χ0) is 21.5. The molecule has 1 aliphatic heterocycles. The summed E-state index contributed by atoms with van der Waals surface area (Å²) in [6, 6.07) is 9.42. The summed E-state index contributed by atoms with van der Waals surface area (Å²) < 4.78 is 13.9. The van der Waals surface area contributed by atoms with Crippen LogP contribution in [0.4, 0.5) is 10.2 Å². The molecule has 1 aromatic heterocycles. The SMILES string of the molecule is CCN1CCN(c2cc(CNC(=NC)NC(C)c3ccc(C)c(F)c3)ccn2)CC1.I. The van der Waals surface area contributed by atoms with Crippen LogP contribution < -0.4 is 15.5 Å². The number of hydrogen-bond donors (Lipinski definition) is 2. The third kappa shape index (κ3) is 7.03. The Kier molecular flexibility index (Phi) is 9.95. The molecule has 0 amide bonds. The Bertz CT molecular complexity index is 867. The summed E-state index contributed by atoms with van der Waals surface area (Å²) in [6.45, 7) is 11.9. The van der Waals surface area contributed by atoms with Gasteiger partial charge >= 0.3 is 0 Å². The second-order valence-corrected chi connectivity index (χ2v) is 7.74. The van der Waals surface area contributed by atoms with Gasteiger partial charge in [-0.1, -0.05) is 19.1 Å². The van der Waals surface area contributed by atoms with Crippen LogP contribution in [0.25, 0.3) is 0 Å². The van der Waals surface area contributed by atoms with Crippen molar-refractivity contribution in [3.8, 4) is 0 Å². The summed E-state index contributed by atoms with van der Waals surface area (Å²) in [4.78, 5) is 13.7. The third-order valence-electron chi connectivity index (χ3n) is 5.69. The highest BCUT2D eigenvalue weighted by atomic mass is 127. The number of guanidine groups is 1. The van der Waals surface area contributed by atoms with Crippen LogP contribution in [0.1, 0.15) is 36.6 Å². The maximum absolute atomic E-state index is 13.9. The van der Waals surface area contributed by atoms with Crippen LogP contribution in [0.5, 0.6) is 0 Å². The van der Waals surface area contributed by atoms with Gasteiger partial charge in [0.05, 0.1) is 6.04 Å². The smallest absolute Gasteiger partial charge is 0.191 e. The molecule has 1 fully saturated rings. The number of rotatable bonds is 6. The molecule has 1 atom stereocenters. The van der Waals surface area contributed by atoms with Crippen molar-refractivity contribution in [2.45, 2.75) is 33.4 Å². The van der Waals surface area contributed by atoms with Crippen LogP contribution in [0.3, 0.4) is 0 Å². The van der Waals surface area contributed by atoms with Crippen LogP contribution in [-0.2, 0) is 6.54 Å². The van der Waals surface area contributed by atoms with Gasteiger partial charge < -0.3 is 20.4 Å². The van der Waals surface area contributed by atoms with Gasteiger partial charge in [-0.3, -0.25) is 4.99 Å². The van der Waals surface area contributed by atoms with Crippen molar-refractivity contribution >= 4 is 35.8 Å². The first-order valence-corrected chi connectivity index (χ1v) is 10.7. The third-order valence-corrected chi connectivity index (χ3v) is 5.69. The van der Waals surface area contributed by atoms with E-state index in [1.165, 1.54) is 0 Å². The summed E-state index contributed by atoms with van der Waals surface area (Å²) >= 11 is 0. The molecule has 0 spiro atoms. The van der Waals surface area contributed by atoms with Gasteiger partial charge in [0.25, 0.3) is 0 Å². The molecule has 1 aromatic carbocycles. The number of nitrogens with zero attached hydrogens (tertiary/aromatic N) is 4. The Hall–Kier alpha value is -1.94. The number of likely N-dealkylation sites (N-methyl/N-ethyl adjacent to an activating group) is 1. The van der Waals surface area contributed by atoms with E-state index in [1.807, 2.05) is 25.3 Å². The quantitative estimate of drug-likeness (QED) is 0.333. The highest BCUT2D eigenvalue weighted by Gasteiger charge is 2.17. The van der Waals surface area contributed by atoms with Crippen LogP contribution in [-0.4, -0.2) is 55.6 Å².